The summed E-state index contributed by atoms with van der Waals surface area (Å²) in [7, 11) is 3.79. The maximum atomic E-state index is 12.7. The summed E-state index contributed by atoms with van der Waals surface area (Å²) in [6.07, 6.45) is 2.92. The van der Waals surface area contributed by atoms with Crippen LogP contribution >= 0.6 is 0 Å². The van der Waals surface area contributed by atoms with Crippen LogP contribution in [0.5, 0.6) is 0 Å². The second-order valence-corrected chi connectivity index (χ2v) is 6.49. The molecule has 1 aliphatic rings. The van der Waals surface area contributed by atoms with Gasteiger partial charge in [0.15, 0.2) is 0 Å². The molecule has 3 rings (SSSR count). The highest BCUT2D eigenvalue weighted by Crippen LogP contribution is 2.28. The molecule has 6 nitrogen and oxygen atoms in total. The van der Waals surface area contributed by atoms with E-state index in [4.69, 9.17) is 0 Å². The molecular formula is C19H24N4O2. The van der Waals surface area contributed by atoms with E-state index >= 15 is 0 Å². The molecule has 1 fully saturated rings. The van der Waals surface area contributed by atoms with E-state index in [1.807, 2.05) is 43.3 Å². The number of amides is 1. The average Bonchev–Trinajstić information content (AvgIpc) is 2.63. The van der Waals surface area contributed by atoms with Gasteiger partial charge in [0.25, 0.3) is 5.91 Å². The summed E-state index contributed by atoms with van der Waals surface area (Å²) in [4.78, 5) is 21.0. The molecule has 132 valence electrons. The van der Waals surface area contributed by atoms with Gasteiger partial charge in [-0.05, 0) is 37.1 Å². The number of pyridine rings is 1. The van der Waals surface area contributed by atoms with Crippen molar-refractivity contribution in [1.82, 2.24) is 4.98 Å². The zero-order valence-electron chi connectivity index (χ0n) is 14.6. The molecule has 1 amide bonds. The fourth-order valence-electron chi connectivity index (χ4n) is 2.96. The lowest BCUT2D eigenvalue weighted by atomic mass is 10.1. The fraction of sp³-hybridized carbons (Fsp3) is 0.368. The van der Waals surface area contributed by atoms with E-state index in [-0.39, 0.29) is 12.0 Å². The first kappa shape index (κ1) is 17.2. The highest BCUT2D eigenvalue weighted by molar-refractivity contribution is 6.06. The molecule has 2 aromatic rings. The summed E-state index contributed by atoms with van der Waals surface area (Å²) in [6.45, 7) is 1.57. The Bertz CT molecular complexity index is 740. The Morgan fingerprint density at radius 1 is 1.24 bits per heavy atom. The van der Waals surface area contributed by atoms with Crippen molar-refractivity contribution in [1.29, 1.82) is 0 Å². The summed E-state index contributed by atoms with van der Waals surface area (Å²) >= 11 is 0. The van der Waals surface area contributed by atoms with Crippen LogP contribution in [-0.4, -0.2) is 49.3 Å². The first-order valence-corrected chi connectivity index (χ1v) is 8.51. The number of piperidine rings is 1. The first-order valence-electron chi connectivity index (χ1n) is 8.51. The minimum absolute atomic E-state index is 0.157. The van der Waals surface area contributed by atoms with Gasteiger partial charge < -0.3 is 20.2 Å². The second-order valence-electron chi connectivity index (χ2n) is 6.49. The number of para-hydroxylation sites is 2. The van der Waals surface area contributed by atoms with Gasteiger partial charge in [-0.1, -0.05) is 12.1 Å². The van der Waals surface area contributed by atoms with Gasteiger partial charge in [-0.25, -0.2) is 4.98 Å². The monoisotopic (exact) mass is 340 g/mol. The van der Waals surface area contributed by atoms with Crippen LogP contribution in [0.15, 0.2) is 42.6 Å². The second kappa shape index (κ2) is 7.53. The molecule has 0 unspecified atom stereocenters. The van der Waals surface area contributed by atoms with Gasteiger partial charge in [-0.2, -0.15) is 0 Å². The van der Waals surface area contributed by atoms with E-state index in [1.54, 1.807) is 18.3 Å². The number of aliphatic hydroxyl groups is 1. The number of hydrogen-bond acceptors (Lipinski definition) is 5. The molecule has 0 radical (unpaired) electrons. The number of carbonyl (C=O) groups excluding carboxylic acids is 1. The maximum absolute atomic E-state index is 12.7. The third-order valence-corrected chi connectivity index (χ3v) is 4.42. The summed E-state index contributed by atoms with van der Waals surface area (Å²) in [5, 5.41) is 12.7. The van der Waals surface area contributed by atoms with E-state index in [0.717, 1.165) is 43.1 Å². The predicted octanol–water partition coefficient (Wildman–Crippen LogP) is 2.36. The summed E-state index contributed by atoms with van der Waals surface area (Å²) in [5.74, 6) is 0.584. The van der Waals surface area contributed by atoms with Crippen LogP contribution in [0.25, 0.3) is 0 Å². The molecule has 2 N–H and O–H groups in total. The van der Waals surface area contributed by atoms with Gasteiger partial charge in [-0.3, -0.25) is 4.79 Å². The van der Waals surface area contributed by atoms with Gasteiger partial charge in [0.1, 0.15) is 5.82 Å². The van der Waals surface area contributed by atoms with Crippen molar-refractivity contribution < 1.29 is 9.90 Å². The number of aliphatic hydroxyl groups excluding tert-OH is 1. The summed E-state index contributed by atoms with van der Waals surface area (Å²) in [5.41, 5.74) is 2.35. The Hall–Kier alpha value is -2.60. The molecule has 0 atom stereocenters. The SMILES string of the molecule is CN(C)c1cc(C(=O)Nc2ccccc2N2CCC(O)CC2)ccn1. The van der Waals surface area contributed by atoms with Crippen LogP contribution in [0, 0.1) is 0 Å². The van der Waals surface area contributed by atoms with Crippen LogP contribution in [-0.2, 0) is 0 Å². The Morgan fingerprint density at radius 2 is 1.96 bits per heavy atom. The van der Waals surface area contributed by atoms with E-state index in [9.17, 15) is 9.90 Å². The number of hydrogen-bond donors (Lipinski definition) is 2. The molecule has 0 bridgehead atoms. The smallest absolute Gasteiger partial charge is 0.255 e. The lowest BCUT2D eigenvalue weighted by Gasteiger charge is -2.32. The zero-order chi connectivity index (χ0) is 17.8. The van der Waals surface area contributed by atoms with Crippen LogP contribution < -0.4 is 15.1 Å². The Kier molecular flexibility index (Phi) is 5.19. The average molecular weight is 340 g/mol. The van der Waals surface area contributed by atoms with Crippen molar-refractivity contribution in [3.63, 3.8) is 0 Å². The summed E-state index contributed by atoms with van der Waals surface area (Å²) < 4.78 is 0. The highest BCUT2D eigenvalue weighted by Gasteiger charge is 2.20. The van der Waals surface area contributed by atoms with Gasteiger partial charge in [0.05, 0.1) is 17.5 Å². The standard InChI is InChI=1S/C19H24N4O2/c1-22(2)18-13-14(7-10-20-18)19(25)21-16-5-3-4-6-17(16)23-11-8-15(24)9-12-23/h3-7,10,13,15,24H,8-9,11-12H2,1-2H3,(H,21,25). The number of anilines is 3. The lowest BCUT2D eigenvalue weighted by Crippen LogP contribution is -2.36. The number of rotatable bonds is 4. The maximum Gasteiger partial charge on any atom is 0.255 e. The molecule has 0 spiro atoms. The highest BCUT2D eigenvalue weighted by atomic mass is 16.3. The minimum Gasteiger partial charge on any atom is -0.393 e. The molecule has 1 aromatic heterocycles. The number of aromatic nitrogens is 1. The predicted molar refractivity (Wildman–Crippen MR) is 100 cm³/mol. The third-order valence-electron chi connectivity index (χ3n) is 4.42. The van der Waals surface area contributed by atoms with Crippen molar-refractivity contribution in [3.05, 3.63) is 48.2 Å². The number of nitrogens with one attached hydrogen (secondary N) is 1. The van der Waals surface area contributed by atoms with Gasteiger partial charge in [0.2, 0.25) is 0 Å². The van der Waals surface area contributed by atoms with Gasteiger partial charge in [-0.15, -0.1) is 0 Å². The molecule has 1 aliphatic heterocycles. The lowest BCUT2D eigenvalue weighted by molar-refractivity contribution is 0.102. The van der Waals surface area contributed by atoms with Crippen LogP contribution in [0.4, 0.5) is 17.2 Å². The normalized spacial score (nSPS) is 15.1. The van der Waals surface area contributed by atoms with Crippen LogP contribution in [0.1, 0.15) is 23.2 Å². The Labute approximate surface area is 148 Å². The molecule has 0 aliphatic carbocycles. The summed E-state index contributed by atoms with van der Waals surface area (Å²) in [6, 6.07) is 11.3. The fourth-order valence-corrected chi connectivity index (χ4v) is 2.96. The molecule has 0 saturated carbocycles. The Morgan fingerprint density at radius 3 is 2.68 bits per heavy atom. The zero-order valence-corrected chi connectivity index (χ0v) is 14.6. The largest absolute Gasteiger partial charge is 0.393 e. The topological polar surface area (TPSA) is 68.7 Å². The van der Waals surface area contributed by atoms with E-state index in [1.165, 1.54) is 0 Å². The van der Waals surface area contributed by atoms with Crippen LogP contribution in [0.2, 0.25) is 0 Å². The van der Waals surface area contributed by atoms with Gasteiger partial charge in [0, 0.05) is 38.9 Å². The van der Waals surface area contributed by atoms with Crippen molar-refractivity contribution in [2.24, 2.45) is 0 Å². The molecule has 25 heavy (non-hydrogen) atoms. The van der Waals surface area contributed by atoms with E-state index < -0.39 is 0 Å². The quantitative estimate of drug-likeness (QED) is 0.894. The third kappa shape index (κ3) is 4.09. The van der Waals surface area contributed by atoms with E-state index in [2.05, 4.69) is 15.2 Å². The first-order chi connectivity index (χ1) is 12.0. The minimum atomic E-state index is -0.223. The van der Waals surface area contributed by atoms with Crippen molar-refractivity contribution in [2.45, 2.75) is 18.9 Å². The molecule has 1 aromatic carbocycles. The molecule has 2 heterocycles. The Balaban J connectivity index is 1.79. The van der Waals surface area contributed by atoms with Crippen LogP contribution in [0.3, 0.4) is 0 Å². The number of nitrogens with zero attached hydrogens (tertiary/aromatic N) is 3. The molecule has 1 saturated heterocycles. The molecule has 6 heteroatoms. The number of benzene rings is 1. The van der Waals surface area contributed by atoms with Crippen molar-refractivity contribution in [2.75, 3.05) is 42.3 Å². The van der Waals surface area contributed by atoms with Crippen molar-refractivity contribution >= 4 is 23.1 Å². The molecular weight excluding hydrogens is 316 g/mol. The van der Waals surface area contributed by atoms with Crippen molar-refractivity contribution in [3.8, 4) is 0 Å². The van der Waals surface area contributed by atoms with E-state index in [0.29, 0.717) is 5.56 Å². The number of carbonyl (C=O) groups is 1. The van der Waals surface area contributed by atoms with Gasteiger partial charge >= 0.3 is 0 Å².